The summed E-state index contributed by atoms with van der Waals surface area (Å²) in [6.07, 6.45) is 3.08. The van der Waals surface area contributed by atoms with E-state index < -0.39 is 17.2 Å². The number of amides is 1. The Hall–Kier alpha value is -2.75. The van der Waals surface area contributed by atoms with E-state index in [0.717, 1.165) is 9.44 Å². The summed E-state index contributed by atoms with van der Waals surface area (Å²) in [5, 5.41) is 3.01. The van der Waals surface area contributed by atoms with Crippen LogP contribution in [0.1, 0.15) is 4.88 Å². The summed E-state index contributed by atoms with van der Waals surface area (Å²) in [6.45, 7) is 1.48. The Morgan fingerprint density at radius 1 is 1.30 bits per heavy atom. The number of carbonyl (C=O) groups excluding carboxylic acids is 1. The van der Waals surface area contributed by atoms with Crippen LogP contribution in [0.4, 0.5) is 5.13 Å². The first-order valence-corrected chi connectivity index (χ1v) is 7.53. The van der Waals surface area contributed by atoms with Gasteiger partial charge in [-0.3, -0.25) is 14.2 Å². The van der Waals surface area contributed by atoms with E-state index in [1.165, 1.54) is 33.8 Å². The number of nitrogens with zero attached hydrogens (tertiary/aromatic N) is 5. The Morgan fingerprint density at radius 3 is 2.70 bits per heavy atom. The van der Waals surface area contributed by atoms with Gasteiger partial charge in [-0.1, -0.05) is 0 Å². The standard InChI is InChI=1S/C13H14N6O3S/c1-7-4-14-12(23-7)16-8(20)5-19-11(21)9-10(15-6-17(9)2)18(3)13(19)22/h4,6H,5H2,1-3H3,(H,14,16,20). The number of aromatic nitrogens is 5. The smallest absolute Gasteiger partial charge is 0.328 e. The molecule has 1 amide bonds. The third kappa shape index (κ3) is 2.57. The van der Waals surface area contributed by atoms with E-state index in [4.69, 9.17) is 0 Å². The highest BCUT2D eigenvalue weighted by Crippen LogP contribution is 2.16. The molecule has 0 atom stereocenters. The number of anilines is 1. The molecule has 0 saturated heterocycles. The van der Waals surface area contributed by atoms with E-state index in [1.54, 1.807) is 13.2 Å². The SMILES string of the molecule is Cc1cnc(NC(=O)Cn2c(=O)c3c(ncn3C)n(C)c2=O)s1. The third-order valence-corrected chi connectivity index (χ3v) is 4.20. The molecule has 0 saturated carbocycles. The molecule has 0 aromatic carbocycles. The van der Waals surface area contributed by atoms with Crippen LogP contribution in [-0.4, -0.2) is 29.6 Å². The van der Waals surface area contributed by atoms with Crippen LogP contribution in [0.3, 0.4) is 0 Å². The lowest BCUT2D eigenvalue weighted by Gasteiger charge is -2.08. The summed E-state index contributed by atoms with van der Waals surface area (Å²) in [5.74, 6) is -0.486. The Labute approximate surface area is 133 Å². The molecule has 0 unspecified atom stereocenters. The topological polar surface area (TPSA) is 104 Å². The van der Waals surface area contributed by atoms with Crippen LogP contribution in [0.5, 0.6) is 0 Å². The van der Waals surface area contributed by atoms with Crippen LogP contribution in [0, 0.1) is 6.92 Å². The minimum Gasteiger partial charge on any atom is -0.328 e. The van der Waals surface area contributed by atoms with Crippen molar-refractivity contribution in [1.82, 2.24) is 23.7 Å². The maximum Gasteiger partial charge on any atom is 0.332 e. The van der Waals surface area contributed by atoms with Crippen molar-refractivity contribution < 1.29 is 4.79 Å². The van der Waals surface area contributed by atoms with Gasteiger partial charge in [0.05, 0.1) is 6.33 Å². The largest absolute Gasteiger partial charge is 0.332 e. The van der Waals surface area contributed by atoms with Gasteiger partial charge in [-0.05, 0) is 6.92 Å². The predicted molar refractivity (Wildman–Crippen MR) is 85.7 cm³/mol. The van der Waals surface area contributed by atoms with Crippen molar-refractivity contribution in [3.05, 3.63) is 38.2 Å². The van der Waals surface area contributed by atoms with Gasteiger partial charge in [0.1, 0.15) is 6.54 Å². The first-order chi connectivity index (χ1) is 10.9. The number of rotatable bonds is 3. The van der Waals surface area contributed by atoms with Gasteiger partial charge in [0, 0.05) is 25.2 Å². The van der Waals surface area contributed by atoms with Gasteiger partial charge in [-0.15, -0.1) is 11.3 Å². The molecule has 10 heteroatoms. The highest BCUT2D eigenvalue weighted by Gasteiger charge is 2.17. The molecular weight excluding hydrogens is 320 g/mol. The zero-order valence-electron chi connectivity index (χ0n) is 12.7. The Balaban J connectivity index is 2.00. The van der Waals surface area contributed by atoms with E-state index in [1.807, 2.05) is 6.92 Å². The molecule has 23 heavy (non-hydrogen) atoms. The summed E-state index contributed by atoms with van der Waals surface area (Å²) >= 11 is 1.32. The molecule has 0 aliphatic rings. The Bertz CT molecular complexity index is 1020. The lowest BCUT2D eigenvalue weighted by Crippen LogP contribution is -2.42. The van der Waals surface area contributed by atoms with Gasteiger partial charge in [0.2, 0.25) is 5.91 Å². The van der Waals surface area contributed by atoms with E-state index in [-0.39, 0.29) is 17.7 Å². The van der Waals surface area contributed by atoms with Crippen LogP contribution in [0.15, 0.2) is 22.1 Å². The molecule has 3 aromatic heterocycles. The summed E-state index contributed by atoms with van der Waals surface area (Å²) < 4.78 is 3.66. The maximum atomic E-state index is 12.5. The Kier molecular flexibility index (Phi) is 3.60. The van der Waals surface area contributed by atoms with Crippen molar-refractivity contribution in [2.24, 2.45) is 14.1 Å². The minimum absolute atomic E-state index is 0.269. The highest BCUT2D eigenvalue weighted by atomic mass is 32.1. The van der Waals surface area contributed by atoms with Gasteiger partial charge in [0.25, 0.3) is 5.56 Å². The minimum atomic E-state index is -0.591. The second kappa shape index (κ2) is 5.47. The molecule has 0 radical (unpaired) electrons. The van der Waals surface area contributed by atoms with Gasteiger partial charge < -0.3 is 9.88 Å². The maximum absolute atomic E-state index is 12.5. The van der Waals surface area contributed by atoms with Crippen molar-refractivity contribution in [2.75, 3.05) is 5.32 Å². The highest BCUT2D eigenvalue weighted by molar-refractivity contribution is 7.15. The van der Waals surface area contributed by atoms with Crippen molar-refractivity contribution in [3.8, 4) is 0 Å². The lowest BCUT2D eigenvalue weighted by molar-refractivity contribution is -0.116. The van der Waals surface area contributed by atoms with Gasteiger partial charge >= 0.3 is 5.69 Å². The molecule has 0 spiro atoms. The first kappa shape index (κ1) is 15.2. The molecule has 3 heterocycles. The fourth-order valence-electron chi connectivity index (χ4n) is 2.25. The van der Waals surface area contributed by atoms with Crippen LogP contribution in [0.2, 0.25) is 0 Å². The summed E-state index contributed by atoms with van der Waals surface area (Å²) in [6, 6.07) is 0. The molecular formula is C13H14N6O3S. The lowest BCUT2D eigenvalue weighted by atomic mass is 10.4. The first-order valence-electron chi connectivity index (χ1n) is 6.71. The summed E-state index contributed by atoms with van der Waals surface area (Å²) in [4.78, 5) is 45.9. The number of imidazole rings is 1. The molecule has 1 N–H and O–H groups in total. The molecule has 3 rings (SSSR count). The Morgan fingerprint density at radius 2 is 2.04 bits per heavy atom. The fourth-order valence-corrected chi connectivity index (χ4v) is 2.93. The number of thiazole rings is 1. The molecule has 0 fully saturated rings. The predicted octanol–water partition coefficient (Wildman–Crippen LogP) is -0.163. The molecule has 120 valence electrons. The van der Waals surface area contributed by atoms with Gasteiger partial charge in [-0.2, -0.15) is 0 Å². The summed E-state index contributed by atoms with van der Waals surface area (Å²) in [5.41, 5.74) is -0.583. The van der Waals surface area contributed by atoms with Crippen LogP contribution in [0.25, 0.3) is 11.2 Å². The van der Waals surface area contributed by atoms with Gasteiger partial charge in [0.15, 0.2) is 16.3 Å². The number of fused-ring (bicyclic) bond motifs is 1. The molecule has 0 bridgehead atoms. The van der Waals surface area contributed by atoms with Crippen molar-refractivity contribution in [1.29, 1.82) is 0 Å². The number of hydrogen-bond donors (Lipinski definition) is 1. The summed E-state index contributed by atoms with van der Waals surface area (Å²) in [7, 11) is 3.17. The van der Waals surface area contributed by atoms with E-state index in [2.05, 4.69) is 15.3 Å². The van der Waals surface area contributed by atoms with Crippen LogP contribution < -0.4 is 16.6 Å². The zero-order valence-corrected chi connectivity index (χ0v) is 13.5. The number of aryl methyl sites for hydroxylation is 3. The van der Waals surface area contributed by atoms with E-state index in [0.29, 0.717) is 5.13 Å². The molecule has 0 aliphatic carbocycles. The van der Waals surface area contributed by atoms with Crippen molar-refractivity contribution in [2.45, 2.75) is 13.5 Å². The quantitative estimate of drug-likeness (QED) is 0.716. The zero-order chi connectivity index (χ0) is 16.7. The van der Waals surface area contributed by atoms with Crippen LogP contribution in [-0.2, 0) is 25.4 Å². The fraction of sp³-hybridized carbons (Fsp3) is 0.308. The van der Waals surface area contributed by atoms with E-state index in [9.17, 15) is 14.4 Å². The average Bonchev–Trinajstić information content (AvgIpc) is 3.07. The molecule has 0 aliphatic heterocycles. The van der Waals surface area contributed by atoms with Crippen molar-refractivity contribution in [3.63, 3.8) is 0 Å². The average molecular weight is 334 g/mol. The van der Waals surface area contributed by atoms with E-state index >= 15 is 0 Å². The third-order valence-electron chi connectivity index (χ3n) is 3.37. The van der Waals surface area contributed by atoms with Gasteiger partial charge in [-0.25, -0.2) is 19.3 Å². The normalized spacial score (nSPS) is 11.1. The number of carbonyl (C=O) groups is 1. The second-order valence-corrected chi connectivity index (χ2v) is 6.32. The molecule has 3 aromatic rings. The second-order valence-electron chi connectivity index (χ2n) is 5.08. The monoisotopic (exact) mass is 334 g/mol. The van der Waals surface area contributed by atoms with Crippen LogP contribution >= 0.6 is 11.3 Å². The van der Waals surface area contributed by atoms with Crippen molar-refractivity contribution >= 4 is 33.5 Å². The number of nitrogens with one attached hydrogen (secondary N) is 1. The molecule has 9 nitrogen and oxygen atoms in total. The number of hydrogen-bond acceptors (Lipinski definition) is 6.